The molecule has 29 heavy (non-hydrogen) atoms. The van der Waals surface area contributed by atoms with E-state index >= 15 is 0 Å². The highest BCUT2D eigenvalue weighted by atomic mass is 16.3. The Morgan fingerprint density at radius 1 is 1.10 bits per heavy atom. The summed E-state index contributed by atoms with van der Waals surface area (Å²) in [5.74, 6) is -0.148. The van der Waals surface area contributed by atoms with Crippen molar-refractivity contribution in [2.45, 2.75) is 41.0 Å². The third kappa shape index (κ3) is 3.19. The lowest BCUT2D eigenvalue weighted by Gasteiger charge is -2.12. The van der Waals surface area contributed by atoms with E-state index in [1.165, 1.54) is 0 Å². The Hall–Kier alpha value is -3.12. The Kier molecular flexibility index (Phi) is 4.08. The highest BCUT2D eigenvalue weighted by Gasteiger charge is 2.24. The van der Waals surface area contributed by atoms with E-state index in [1.807, 2.05) is 52.1 Å². The van der Waals surface area contributed by atoms with Crippen molar-refractivity contribution >= 4 is 27.6 Å². The van der Waals surface area contributed by atoms with Crippen LogP contribution in [0, 0.1) is 33.3 Å². The minimum absolute atomic E-state index is 0.148. The Morgan fingerprint density at radius 3 is 2.55 bits per heavy atom. The zero-order valence-electron chi connectivity index (χ0n) is 19.8. The molecule has 0 fully saturated rings. The molecule has 2 aromatic carbocycles. The summed E-state index contributed by atoms with van der Waals surface area (Å²) in [5, 5.41) is 2.04. The van der Waals surface area contributed by atoms with Crippen LogP contribution in [0.25, 0.3) is 38.0 Å². The normalized spacial score (nSPS) is 13.0. The lowest BCUT2D eigenvalue weighted by molar-refractivity contribution is -0.666. The highest BCUT2D eigenvalue weighted by molar-refractivity contribution is 6.12. The van der Waals surface area contributed by atoms with Crippen molar-refractivity contribution < 1.29 is 11.7 Å². The summed E-state index contributed by atoms with van der Waals surface area (Å²) in [6.45, 7) is 17.3. The number of nitrogens with zero attached hydrogens (tertiary/aromatic N) is 2. The van der Waals surface area contributed by atoms with Gasteiger partial charge in [-0.3, -0.25) is 0 Å². The molecule has 0 N–H and O–H groups in total. The minimum atomic E-state index is -1.44. The highest BCUT2D eigenvalue weighted by Crippen LogP contribution is 2.40. The van der Waals surface area contributed by atoms with Gasteiger partial charge in [-0.1, -0.05) is 32.0 Å². The molecule has 0 atom stereocenters. The van der Waals surface area contributed by atoms with Gasteiger partial charge in [0.05, 0.1) is 12.1 Å². The van der Waals surface area contributed by atoms with Gasteiger partial charge in [0, 0.05) is 32.6 Å². The van der Waals surface area contributed by atoms with Gasteiger partial charge in [-0.25, -0.2) is 4.85 Å². The minimum Gasteiger partial charge on any atom is -0.456 e. The first kappa shape index (κ1) is 16.8. The number of hydrogen-bond acceptors (Lipinski definition) is 1. The van der Waals surface area contributed by atoms with Crippen molar-refractivity contribution in [3.8, 4) is 11.3 Å². The second-order valence-electron chi connectivity index (χ2n) is 8.11. The number of aryl methyl sites for hydroxylation is 3. The fraction of sp³-hybridized carbons (Fsp3) is 0.308. The van der Waals surface area contributed by atoms with E-state index in [0.29, 0.717) is 16.8 Å². The van der Waals surface area contributed by atoms with Crippen LogP contribution in [0.2, 0.25) is 0 Å². The van der Waals surface area contributed by atoms with Crippen LogP contribution in [0.3, 0.4) is 0 Å². The quantitative estimate of drug-likeness (QED) is 0.282. The Bertz CT molecular complexity index is 1390. The molecule has 4 rings (SSSR count). The van der Waals surface area contributed by atoms with Crippen LogP contribution < -0.4 is 4.57 Å². The first-order chi connectivity index (χ1) is 14.6. The van der Waals surface area contributed by atoms with Crippen LogP contribution in [-0.4, -0.2) is 0 Å². The zero-order valence-corrected chi connectivity index (χ0v) is 17.8. The first-order valence-corrected chi connectivity index (χ1v) is 9.91. The van der Waals surface area contributed by atoms with Crippen LogP contribution in [-0.2, 0) is 13.4 Å². The molecule has 4 aromatic rings. The fourth-order valence-electron chi connectivity index (χ4n) is 4.14. The maximum Gasteiger partial charge on any atom is 0.216 e. The molecule has 0 radical (unpaired) electrons. The number of fused-ring (bicyclic) bond motifs is 3. The predicted octanol–water partition coefficient (Wildman–Crippen LogP) is 6.75. The van der Waals surface area contributed by atoms with Gasteiger partial charge in [-0.15, -0.1) is 0 Å². The number of hydrogen-bond donors (Lipinski definition) is 0. The number of furan rings is 1. The summed E-state index contributed by atoms with van der Waals surface area (Å²) in [6, 6.07) is 11.6. The monoisotopic (exact) mass is 385 g/mol. The standard InChI is InChI=1S/C26H27N2O/c1-15(2)10-19-12-18(5)28(7)22(13-19)25-17(4)11-16(3)24-21-9-8-20(27-6)14-23(21)29-26(24)25/h8-9,11-15H,10H2,1-5,7H3/q+1/i10D2. The van der Waals surface area contributed by atoms with Crippen LogP contribution in [0.15, 0.2) is 40.8 Å². The zero-order chi connectivity index (χ0) is 22.7. The molecule has 0 spiro atoms. The smallest absolute Gasteiger partial charge is 0.216 e. The van der Waals surface area contributed by atoms with E-state index in [2.05, 4.69) is 29.3 Å². The van der Waals surface area contributed by atoms with Gasteiger partial charge in [0.2, 0.25) is 5.69 Å². The van der Waals surface area contributed by atoms with Gasteiger partial charge in [0.15, 0.2) is 11.4 Å². The molecule has 0 amide bonds. The average Bonchev–Trinajstić information content (AvgIpc) is 3.09. The SMILES string of the molecule is [2H]C([2H])(c1cc(C)[n+](C)c(-c2c(C)cc(C)c3c2oc2cc([N+]#[C-])ccc23)c1)C(C)C. The van der Waals surface area contributed by atoms with E-state index in [0.717, 1.165) is 44.4 Å². The fourth-order valence-corrected chi connectivity index (χ4v) is 4.14. The summed E-state index contributed by atoms with van der Waals surface area (Å²) in [4.78, 5) is 3.54. The number of pyridine rings is 1. The van der Waals surface area contributed by atoms with Gasteiger partial charge in [-0.2, -0.15) is 4.57 Å². The molecule has 0 aliphatic rings. The van der Waals surface area contributed by atoms with Gasteiger partial charge in [0.25, 0.3) is 0 Å². The number of rotatable bonds is 3. The molecule has 0 saturated carbocycles. The Labute approximate surface area is 175 Å². The summed E-state index contributed by atoms with van der Waals surface area (Å²) < 4.78 is 25.7. The lowest BCUT2D eigenvalue weighted by atomic mass is 9.94. The Morgan fingerprint density at radius 2 is 1.86 bits per heavy atom. The van der Waals surface area contributed by atoms with E-state index in [-0.39, 0.29) is 5.92 Å². The topological polar surface area (TPSA) is 21.4 Å². The predicted molar refractivity (Wildman–Crippen MR) is 119 cm³/mol. The molecule has 0 bridgehead atoms. The Balaban J connectivity index is 2.12. The first-order valence-electron chi connectivity index (χ1n) is 10.9. The summed E-state index contributed by atoms with van der Waals surface area (Å²) >= 11 is 0. The van der Waals surface area contributed by atoms with Crippen molar-refractivity contribution in [3.05, 3.63) is 70.2 Å². The van der Waals surface area contributed by atoms with Gasteiger partial charge in [-0.05, 0) is 48.9 Å². The number of benzene rings is 2. The van der Waals surface area contributed by atoms with E-state index < -0.39 is 6.37 Å². The molecule has 2 heterocycles. The van der Waals surface area contributed by atoms with Gasteiger partial charge >= 0.3 is 0 Å². The summed E-state index contributed by atoms with van der Waals surface area (Å²) in [5.41, 5.74) is 7.78. The van der Waals surface area contributed by atoms with Crippen LogP contribution >= 0.6 is 0 Å². The van der Waals surface area contributed by atoms with Crippen LogP contribution in [0.5, 0.6) is 0 Å². The van der Waals surface area contributed by atoms with Crippen molar-refractivity contribution in [2.75, 3.05) is 0 Å². The molecule has 2 aromatic heterocycles. The molecule has 0 aliphatic heterocycles. The molecule has 0 aliphatic carbocycles. The lowest BCUT2D eigenvalue weighted by Crippen LogP contribution is -2.35. The number of aromatic nitrogens is 1. The van der Waals surface area contributed by atoms with Crippen LogP contribution in [0.4, 0.5) is 5.69 Å². The molecular formula is C26H27N2O+. The maximum atomic E-state index is 8.64. The molecular weight excluding hydrogens is 356 g/mol. The van der Waals surface area contributed by atoms with Gasteiger partial charge < -0.3 is 4.42 Å². The van der Waals surface area contributed by atoms with Gasteiger partial charge in [0.1, 0.15) is 18.2 Å². The second-order valence-corrected chi connectivity index (χ2v) is 8.11. The van der Waals surface area contributed by atoms with Crippen molar-refractivity contribution in [3.63, 3.8) is 0 Å². The largest absolute Gasteiger partial charge is 0.456 e. The van der Waals surface area contributed by atoms with E-state index in [1.54, 1.807) is 6.07 Å². The summed E-state index contributed by atoms with van der Waals surface area (Å²) in [7, 11) is 2.00. The molecule has 146 valence electrons. The third-order valence-corrected chi connectivity index (χ3v) is 5.51. The molecule has 0 saturated heterocycles. The third-order valence-electron chi connectivity index (χ3n) is 5.51. The second kappa shape index (κ2) is 7.04. The van der Waals surface area contributed by atoms with Crippen molar-refractivity contribution in [1.82, 2.24) is 0 Å². The molecule has 0 unspecified atom stereocenters. The van der Waals surface area contributed by atoms with Crippen molar-refractivity contribution in [2.24, 2.45) is 13.0 Å². The van der Waals surface area contributed by atoms with Crippen LogP contribution in [0.1, 0.15) is 39.0 Å². The molecule has 3 heteroatoms. The average molecular weight is 386 g/mol. The maximum absolute atomic E-state index is 8.64. The van der Waals surface area contributed by atoms with E-state index in [9.17, 15) is 0 Å². The van der Waals surface area contributed by atoms with Crippen molar-refractivity contribution in [1.29, 1.82) is 0 Å². The van der Waals surface area contributed by atoms with E-state index in [4.69, 9.17) is 13.7 Å². The molecule has 3 nitrogen and oxygen atoms in total. The summed E-state index contributed by atoms with van der Waals surface area (Å²) in [6.07, 6.45) is -1.44.